The van der Waals surface area contributed by atoms with Crippen LogP contribution in [0.2, 0.25) is 0 Å². The SMILES string of the molecule is O=C1CCC(N2Cc3ccc(CNC4CCNCC4c4ccccc4)cc3C2=O)C(=O)N1. The minimum absolute atomic E-state index is 0.125. The fourth-order valence-corrected chi connectivity index (χ4v) is 5.11. The molecule has 3 amide bonds. The number of nitrogens with zero attached hydrogens (tertiary/aromatic N) is 1. The highest BCUT2D eigenvalue weighted by Gasteiger charge is 2.39. The van der Waals surface area contributed by atoms with E-state index in [4.69, 9.17) is 0 Å². The second kappa shape index (κ2) is 8.84. The van der Waals surface area contributed by atoms with Gasteiger partial charge < -0.3 is 15.5 Å². The average Bonchev–Trinajstić information content (AvgIpc) is 3.14. The summed E-state index contributed by atoms with van der Waals surface area (Å²) in [6.45, 7) is 3.04. The van der Waals surface area contributed by atoms with E-state index in [9.17, 15) is 14.4 Å². The van der Waals surface area contributed by atoms with Crippen molar-refractivity contribution < 1.29 is 14.4 Å². The van der Waals surface area contributed by atoms with Crippen molar-refractivity contribution in [2.75, 3.05) is 13.1 Å². The number of carbonyl (C=O) groups is 3. The summed E-state index contributed by atoms with van der Waals surface area (Å²) < 4.78 is 0. The van der Waals surface area contributed by atoms with Crippen molar-refractivity contribution >= 4 is 17.7 Å². The van der Waals surface area contributed by atoms with E-state index in [-0.39, 0.29) is 24.1 Å². The molecule has 2 aromatic carbocycles. The van der Waals surface area contributed by atoms with E-state index in [0.29, 0.717) is 37.0 Å². The summed E-state index contributed by atoms with van der Waals surface area (Å²) in [5, 5.41) is 9.56. The lowest BCUT2D eigenvalue weighted by Crippen LogP contribution is -2.52. The summed E-state index contributed by atoms with van der Waals surface area (Å²) in [7, 11) is 0. The van der Waals surface area contributed by atoms with Gasteiger partial charge in [0.15, 0.2) is 0 Å². The van der Waals surface area contributed by atoms with Gasteiger partial charge in [0, 0.05) is 43.6 Å². The number of amides is 3. The van der Waals surface area contributed by atoms with Crippen molar-refractivity contribution in [2.45, 2.75) is 50.4 Å². The van der Waals surface area contributed by atoms with Crippen LogP contribution in [0.3, 0.4) is 0 Å². The molecule has 0 spiro atoms. The first kappa shape index (κ1) is 20.8. The number of hydrogen-bond acceptors (Lipinski definition) is 5. The molecular formula is C25H28N4O3. The lowest BCUT2D eigenvalue weighted by atomic mass is 9.87. The van der Waals surface area contributed by atoms with E-state index in [1.807, 2.05) is 18.2 Å². The summed E-state index contributed by atoms with van der Waals surface area (Å²) in [5.74, 6) is -0.359. The van der Waals surface area contributed by atoms with Gasteiger partial charge in [0.25, 0.3) is 5.91 Å². The smallest absolute Gasteiger partial charge is 0.255 e. The Labute approximate surface area is 187 Å². The second-order valence-electron chi connectivity index (χ2n) is 8.89. The summed E-state index contributed by atoms with van der Waals surface area (Å²) in [5.41, 5.74) is 4.00. The highest BCUT2D eigenvalue weighted by molar-refractivity contribution is 6.05. The van der Waals surface area contributed by atoms with Gasteiger partial charge in [0.2, 0.25) is 11.8 Å². The molecule has 2 saturated heterocycles. The van der Waals surface area contributed by atoms with Crippen LogP contribution in [0.1, 0.15) is 52.2 Å². The Hall–Kier alpha value is -3.03. The number of carbonyl (C=O) groups excluding carboxylic acids is 3. The van der Waals surface area contributed by atoms with E-state index >= 15 is 0 Å². The zero-order chi connectivity index (χ0) is 22.1. The van der Waals surface area contributed by atoms with Gasteiger partial charge in [-0.15, -0.1) is 0 Å². The molecule has 2 fully saturated rings. The number of benzene rings is 2. The maximum atomic E-state index is 13.1. The third-order valence-corrected chi connectivity index (χ3v) is 6.87. The number of piperidine rings is 2. The lowest BCUT2D eigenvalue weighted by Gasteiger charge is -2.33. The Morgan fingerprint density at radius 2 is 1.88 bits per heavy atom. The highest BCUT2D eigenvalue weighted by Crippen LogP contribution is 2.29. The quantitative estimate of drug-likeness (QED) is 0.626. The molecule has 2 aromatic rings. The average molecular weight is 433 g/mol. The topological polar surface area (TPSA) is 90.5 Å². The first-order chi connectivity index (χ1) is 15.6. The Morgan fingerprint density at radius 3 is 2.69 bits per heavy atom. The third kappa shape index (κ3) is 4.06. The van der Waals surface area contributed by atoms with E-state index in [1.54, 1.807) is 4.90 Å². The maximum absolute atomic E-state index is 13.1. The van der Waals surface area contributed by atoms with Crippen LogP contribution in [0.4, 0.5) is 0 Å². The fourth-order valence-electron chi connectivity index (χ4n) is 5.11. The minimum atomic E-state index is -0.574. The summed E-state index contributed by atoms with van der Waals surface area (Å²) in [6.07, 6.45) is 1.70. The number of nitrogens with one attached hydrogen (secondary N) is 3. The highest BCUT2D eigenvalue weighted by atomic mass is 16.2. The van der Waals surface area contributed by atoms with E-state index in [2.05, 4.69) is 46.3 Å². The van der Waals surface area contributed by atoms with E-state index in [1.165, 1.54) is 5.56 Å². The summed E-state index contributed by atoms with van der Waals surface area (Å²) in [4.78, 5) is 38.3. The van der Waals surface area contributed by atoms with Crippen LogP contribution in [0.15, 0.2) is 48.5 Å². The largest absolute Gasteiger partial charge is 0.322 e. The van der Waals surface area contributed by atoms with E-state index < -0.39 is 6.04 Å². The van der Waals surface area contributed by atoms with Crippen LogP contribution in [-0.4, -0.2) is 47.8 Å². The van der Waals surface area contributed by atoms with Crippen molar-refractivity contribution in [3.63, 3.8) is 0 Å². The van der Waals surface area contributed by atoms with Gasteiger partial charge in [-0.25, -0.2) is 0 Å². The van der Waals surface area contributed by atoms with Crippen molar-refractivity contribution in [1.29, 1.82) is 0 Å². The number of rotatable bonds is 5. The first-order valence-corrected chi connectivity index (χ1v) is 11.4. The normalized spacial score (nSPS) is 25.6. The molecule has 7 heteroatoms. The molecule has 166 valence electrons. The molecule has 3 unspecified atom stereocenters. The van der Waals surface area contributed by atoms with Crippen LogP contribution >= 0.6 is 0 Å². The van der Waals surface area contributed by atoms with Gasteiger partial charge in [-0.1, -0.05) is 42.5 Å². The molecule has 0 bridgehead atoms. The molecule has 5 rings (SSSR count). The maximum Gasteiger partial charge on any atom is 0.255 e. The molecule has 3 aliphatic rings. The zero-order valence-electron chi connectivity index (χ0n) is 18.0. The Bertz CT molecular complexity index is 1040. The van der Waals surface area contributed by atoms with Crippen LogP contribution < -0.4 is 16.0 Å². The molecule has 7 nitrogen and oxygen atoms in total. The van der Waals surface area contributed by atoms with Crippen LogP contribution in [-0.2, 0) is 22.7 Å². The summed E-state index contributed by atoms with van der Waals surface area (Å²) >= 11 is 0. The van der Waals surface area contributed by atoms with Gasteiger partial charge in [-0.05, 0) is 42.1 Å². The third-order valence-electron chi connectivity index (χ3n) is 6.87. The van der Waals surface area contributed by atoms with Gasteiger partial charge in [-0.3, -0.25) is 19.7 Å². The van der Waals surface area contributed by atoms with Crippen LogP contribution in [0.5, 0.6) is 0 Å². The zero-order valence-corrected chi connectivity index (χ0v) is 18.0. The van der Waals surface area contributed by atoms with Crippen molar-refractivity contribution in [3.8, 4) is 0 Å². The Kier molecular flexibility index (Phi) is 5.76. The molecule has 3 heterocycles. The molecule has 0 radical (unpaired) electrons. The van der Waals surface area contributed by atoms with Crippen LogP contribution in [0, 0.1) is 0 Å². The molecule has 0 aliphatic carbocycles. The molecule has 3 N–H and O–H groups in total. The van der Waals surface area contributed by atoms with Gasteiger partial charge in [0.1, 0.15) is 6.04 Å². The fraction of sp³-hybridized carbons (Fsp3) is 0.400. The van der Waals surface area contributed by atoms with Crippen molar-refractivity contribution in [1.82, 2.24) is 20.9 Å². The van der Waals surface area contributed by atoms with Gasteiger partial charge >= 0.3 is 0 Å². The standard InChI is InChI=1S/C25H28N4O3/c30-23-9-8-22(24(31)28-23)29-15-18-7-6-16(12-19(18)25(29)32)13-27-21-10-11-26-14-20(21)17-4-2-1-3-5-17/h1-7,12,20-22,26-27H,8-11,13-15H2,(H,28,30,31). The number of fused-ring (bicyclic) bond motifs is 1. The first-order valence-electron chi connectivity index (χ1n) is 11.4. The molecule has 0 saturated carbocycles. The predicted molar refractivity (Wildman–Crippen MR) is 120 cm³/mol. The monoisotopic (exact) mass is 432 g/mol. The summed E-state index contributed by atoms with van der Waals surface area (Å²) in [6, 6.07) is 16.4. The van der Waals surface area contributed by atoms with Gasteiger partial charge in [0.05, 0.1) is 0 Å². The van der Waals surface area contributed by atoms with Gasteiger partial charge in [-0.2, -0.15) is 0 Å². The lowest BCUT2D eigenvalue weighted by molar-refractivity contribution is -0.136. The number of hydrogen-bond donors (Lipinski definition) is 3. The van der Waals surface area contributed by atoms with E-state index in [0.717, 1.165) is 30.6 Å². The van der Waals surface area contributed by atoms with Crippen molar-refractivity contribution in [2.24, 2.45) is 0 Å². The second-order valence-corrected chi connectivity index (χ2v) is 8.89. The van der Waals surface area contributed by atoms with Crippen molar-refractivity contribution in [3.05, 3.63) is 70.8 Å². The Morgan fingerprint density at radius 1 is 1.03 bits per heavy atom. The molecule has 3 atom stereocenters. The predicted octanol–water partition coefficient (Wildman–Crippen LogP) is 1.68. The Balaban J connectivity index is 1.27. The van der Waals surface area contributed by atoms with Crippen LogP contribution in [0.25, 0.3) is 0 Å². The molecule has 3 aliphatic heterocycles. The minimum Gasteiger partial charge on any atom is -0.322 e. The molecule has 32 heavy (non-hydrogen) atoms. The molecular weight excluding hydrogens is 404 g/mol. The molecule has 0 aromatic heterocycles. The number of imide groups is 1.